The quantitative estimate of drug-likeness (QED) is 0.0898. The lowest BCUT2D eigenvalue weighted by Gasteiger charge is -2.49. The first-order valence-electron chi connectivity index (χ1n) is 19.9. The Hall–Kier alpha value is -4.59. The average molecular weight is 933 g/mol. The number of nitrogens with zero attached hydrogens (tertiary/aromatic N) is 1. The first kappa shape index (κ1) is 47.9. The number of hydrogen-bond donors (Lipinski definition) is 1. The summed E-state index contributed by atoms with van der Waals surface area (Å²) in [4.78, 5) is 81.3. The second kappa shape index (κ2) is 21.4. The van der Waals surface area contributed by atoms with Gasteiger partial charge in [-0.2, -0.15) is 0 Å². The average Bonchev–Trinajstić information content (AvgIpc) is 3.51. The van der Waals surface area contributed by atoms with Gasteiger partial charge < -0.3 is 43.0 Å². The molecule has 2 saturated heterocycles. The number of carbonyl (C=O) groups is 6. The Balaban J connectivity index is 1.43. The maximum atomic E-state index is 14.1. The van der Waals surface area contributed by atoms with E-state index in [2.05, 4.69) is 0 Å². The van der Waals surface area contributed by atoms with Crippen molar-refractivity contribution < 1.29 is 71.8 Å². The van der Waals surface area contributed by atoms with Gasteiger partial charge in [0.25, 0.3) is 11.8 Å². The molecular weight excluding hydrogens is 885 g/mol. The minimum absolute atomic E-state index is 0.100. The van der Waals surface area contributed by atoms with E-state index in [0.717, 1.165) is 29.1 Å². The predicted octanol–water partition coefficient (Wildman–Crippen LogP) is 4.68. The van der Waals surface area contributed by atoms with Gasteiger partial charge in [0, 0.05) is 11.8 Å². The van der Waals surface area contributed by atoms with Crippen LogP contribution in [-0.4, -0.2) is 131 Å². The SMILES string of the molecule is CC(=O)O[C@H]1[C@H](O[C@H]2[C@H](O)[C@@H](N3C(=O)c4ccccc4C3=O)[C@H](Sc3ccccc3)O[C@@H]2COCc2ccccc2)O[C@H](COC(=O)C(C)(C)C)[C@H](OC(=O)CCl)[C@@H]1OC(=O)CCl. The zero-order chi connectivity index (χ0) is 45.4. The number of rotatable bonds is 16. The Morgan fingerprint density at radius 1 is 0.730 bits per heavy atom. The van der Waals surface area contributed by atoms with Crippen molar-refractivity contribution in [2.24, 2.45) is 5.41 Å². The molecule has 338 valence electrons. The van der Waals surface area contributed by atoms with Crippen LogP contribution >= 0.6 is 35.0 Å². The number of amides is 2. The van der Waals surface area contributed by atoms with Crippen LogP contribution < -0.4 is 0 Å². The molecule has 1 N–H and O–H groups in total. The summed E-state index contributed by atoms with van der Waals surface area (Å²) in [6.45, 7) is 5.12. The van der Waals surface area contributed by atoms with Gasteiger partial charge in [-0.15, -0.1) is 23.2 Å². The molecular formula is C44H47Cl2NO15S. The highest BCUT2D eigenvalue weighted by molar-refractivity contribution is 7.99. The first-order valence-corrected chi connectivity index (χ1v) is 21.9. The highest BCUT2D eigenvalue weighted by atomic mass is 35.5. The molecule has 0 aromatic heterocycles. The van der Waals surface area contributed by atoms with Crippen LogP contribution in [0.1, 0.15) is 54.0 Å². The fourth-order valence-electron chi connectivity index (χ4n) is 7.17. The molecule has 2 amide bonds. The summed E-state index contributed by atoms with van der Waals surface area (Å²) in [7, 11) is 0. The lowest BCUT2D eigenvalue weighted by Crippen LogP contribution is -2.68. The molecule has 0 bridgehead atoms. The van der Waals surface area contributed by atoms with E-state index >= 15 is 0 Å². The summed E-state index contributed by atoms with van der Waals surface area (Å²) in [5, 5.41) is 12.7. The number of esters is 4. The van der Waals surface area contributed by atoms with Gasteiger partial charge >= 0.3 is 23.9 Å². The normalized spacial score (nSPS) is 27.0. The second-order valence-corrected chi connectivity index (χ2v) is 17.4. The minimum Gasteiger partial charge on any atom is -0.462 e. The van der Waals surface area contributed by atoms with Gasteiger partial charge in [-0.3, -0.25) is 33.7 Å². The molecule has 0 spiro atoms. The zero-order valence-corrected chi connectivity index (χ0v) is 37.0. The van der Waals surface area contributed by atoms with Crippen LogP contribution in [0.25, 0.3) is 0 Å². The highest BCUT2D eigenvalue weighted by Crippen LogP contribution is 2.41. The van der Waals surface area contributed by atoms with Crippen LogP contribution in [0.2, 0.25) is 0 Å². The Bertz CT molecular complexity index is 2070. The number of aliphatic hydroxyl groups excluding tert-OH is 1. The van der Waals surface area contributed by atoms with E-state index in [4.69, 9.17) is 61.1 Å². The maximum Gasteiger partial charge on any atom is 0.321 e. The van der Waals surface area contributed by atoms with E-state index in [1.165, 1.54) is 12.1 Å². The monoisotopic (exact) mass is 931 g/mol. The third-order valence-corrected chi connectivity index (χ3v) is 11.7. The number of halogens is 2. The summed E-state index contributed by atoms with van der Waals surface area (Å²) >= 11 is 12.8. The number of imide groups is 1. The molecule has 2 fully saturated rings. The van der Waals surface area contributed by atoms with Gasteiger partial charge in [0.05, 0.1) is 29.8 Å². The summed E-state index contributed by atoms with van der Waals surface area (Å²) in [6, 6.07) is 23.0. The Labute approximate surface area is 377 Å². The van der Waals surface area contributed by atoms with Gasteiger partial charge in [-0.05, 0) is 50.6 Å². The minimum atomic E-state index is -1.83. The summed E-state index contributed by atoms with van der Waals surface area (Å²) in [6.07, 6.45) is -13.0. The van der Waals surface area contributed by atoms with Crippen molar-refractivity contribution in [3.63, 3.8) is 0 Å². The molecule has 19 heteroatoms. The highest BCUT2D eigenvalue weighted by Gasteiger charge is 2.58. The lowest BCUT2D eigenvalue weighted by atomic mass is 9.94. The van der Waals surface area contributed by atoms with Crippen molar-refractivity contribution in [1.29, 1.82) is 0 Å². The molecule has 3 aliphatic rings. The smallest absolute Gasteiger partial charge is 0.321 e. The van der Waals surface area contributed by atoms with E-state index in [-0.39, 0.29) is 24.3 Å². The number of benzene rings is 3. The van der Waals surface area contributed by atoms with E-state index < -0.39 is 120 Å². The summed E-state index contributed by atoms with van der Waals surface area (Å²) in [5.74, 6) is -6.35. The van der Waals surface area contributed by atoms with Crippen LogP contribution in [0.4, 0.5) is 0 Å². The molecule has 0 radical (unpaired) electrons. The van der Waals surface area contributed by atoms with Gasteiger partial charge in [0.15, 0.2) is 24.6 Å². The molecule has 0 aliphatic carbocycles. The maximum absolute atomic E-state index is 14.1. The van der Waals surface area contributed by atoms with Crippen LogP contribution in [-0.2, 0) is 63.7 Å². The lowest BCUT2D eigenvalue weighted by molar-refractivity contribution is -0.338. The van der Waals surface area contributed by atoms with Crippen molar-refractivity contribution in [1.82, 2.24) is 4.90 Å². The molecule has 3 aliphatic heterocycles. The molecule has 10 atom stereocenters. The van der Waals surface area contributed by atoms with Gasteiger partial charge in [0.1, 0.15) is 54.3 Å². The second-order valence-electron chi connectivity index (χ2n) is 15.7. The van der Waals surface area contributed by atoms with E-state index in [9.17, 15) is 33.9 Å². The Morgan fingerprint density at radius 2 is 1.29 bits per heavy atom. The van der Waals surface area contributed by atoms with Crippen LogP contribution in [0.3, 0.4) is 0 Å². The summed E-state index contributed by atoms with van der Waals surface area (Å²) < 4.78 is 48.3. The van der Waals surface area contributed by atoms with Crippen molar-refractivity contribution in [2.45, 2.75) is 99.7 Å². The van der Waals surface area contributed by atoms with Crippen LogP contribution in [0.15, 0.2) is 89.8 Å². The predicted molar refractivity (Wildman–Crippen MR) is 224 cm³/mol. The van der Waals surface area contributed by atoms with Crippen LogP contribution in [0, 0.1) is 5.41 Å². The molecule has 63 heavy (non-hydrogen) atoms. The van der Waals surface area contributed by atoms with Gasteiger partial charge in [0.2, 0.25) is 0 Å². The molecule has 6 rings (SSSR count). The number of hydrogen-bond acceptors (Lipinski definition) is 16. The summed E-state index contributed by atoms with van der Waals surface area (Å²) in [5.41, 5.74) is -1.08. The topological polar surface area (TPSA) is 200 Å². The molecule has 16 nitrogen and oxygen atoms in total. The third kappa shape index (κ3) is 11.6. The first-order chi connectivity index (χ1) is 30.1. The van der Waals surface area contributed by atoms with Crippen molar-refractivity contribution in [3.8, 4) is 0 Å². The zero-order valence-electron chi connectivity index (χ0n) is 34.7. The van der Waals surface area contributed by atoms with Crippen molar-refractivity contribution in [2.75, 3.05) is 25.0 Å². The molecule has 3 heterocycles. The molecule has 0 saturated carbocycles. The standard InChI is InChI=1S/C44H47Cl2NO15S/c1-24(48)57-38-37(61-32(50)20-46)36(60-31(49)19-45)30(23-56-43(54)44(2,3)4)58-41(38)62-35-29(22-55-21-25-13-7-5-8-14-25)59-42(63-26-15-9-6-10-16-26)33(34(35)51)47-39(52)27-17-11-12-18-28(27)40(47)53/h5-18,29-30,33-38,41-42,51H,19-23H2,1-4H3/t29-,30-,33-,34-,35-,36+,37+,38-,41+,42+/m1/s1. The number of fused-ring (bicyclic) bond motifs is 1. The number of carbonyl (C=O) groups excluding carboxylic acids is 6. The number of alkyl halides is 2. The largest absolute Gasteiger partial charge is 0.462 e. The third-order valence-electron chi connectivity index (χ3n) is 10.1. The number of ether oxygens (including phenoxy) is 8. The van der Waals surface area contributed by atoms with E-state index in [1.807, 2.05) is 36.4 Å². The van der Waals surface area contributed by atoms with Crippen LogP contribution in [0.5, 0.6) is 0 Å². The molecule has 0 unspecified atom stereocenters. The van der Waals surface area contributed by atoms with E-state index in [1.54, 1.807) is 57.2 Å². The van der Waals surface area contributed by atoms with E-state index in [0.29, 0.717) is 4.90 Å². The van der Waals surface area contributed by atoms with Crippen molar-refractivity contribution >= 4 is 70.7 Å². The fourth-order valence-corrected chi connectivity index (χ4v) is 8.50. The van der Waals surface area contributed by atoms with Crippen molar-refractivity contribution in [3.05, 3.63) is 102 Å². The number of aliphatic hydroxyl groups is 1. The van der Waals surface area contributed by atoms with Gasteiger partial charge in [-0.25, -0.2) is 0 Å². The molecule has 3 aromatic rings. The molecule has 3 aromatic carbocycles. The Morgan fingerprint density at radius 3 is 1.86 bits per heavy atom. The fraction of sp³-hybridized carbons (Fsp3) is 0.455. The Kier molecular flexibility index (Phi) is 16.3. The number of thioether (sulfide) groups is 1. The van der Waals surface area contributed by atoms with Gasteiger partial charge in [-0.1, -0.05) is 72.4 Å².